The van der Waals surface area contributed by atoms with Crippen molar-refractivity contribution in [2.75, 3.05) is 32.5 Å². The van der Waals surface area contributed by atoms with Crippen molar-refractivity contribution >= 4 is 55.0 Å². The van der Waals surface area contributed by atoms with Crippen molar-refractivity contribution < 1.29 is 80.5 Å². The van der Waals surface area contributed by atoms with Gasteiger partial charge in [0.15, 0.2) is 0 Å². The van der Waals surface area contributed by atoms with Crippen LogP contribution >= 0.6 is 0 Å². The Bertz CT molecular complexity index is 2630. The minimum atomic E-state index is -5.31. The highest BCUT2D eigenvalue weighted by molar-refractivity contribution is 7.93. The molecule has 0 bridgehead atoms. The number of hydrogen-bond donors (Lipinski definition) is 2. The molecule has 6 rings (SSSR count). The summed E-state index contributed by atoms with van der Waals surface area (Å²) in [6.45, 7) is 2.50. The lowest BCUT2D eigenvalue weighted by Crippen LogP contribution is -2.51. The molecular formula is C40H38F8N4O10S2. The van der Waals surface area contributed by atoms with Gasteiger partial charge < -0.3 is 18.9 Å². The second kappa shape index (κ2) is 17.2. The fourth-order valence-electron chi connectivity index (χ4n) is 6.55. The number of rotatable bonds is 11. The fraction of sp³-hybridized carbons (Fsp3) is 0.350. The summed E-state index contributed by atoms with van der Waals surface area (Å²) >= 11 is 0. The average Bonchev–Trinajstić information content (AvgIpc) is 3.18. The predicted octanol–water partition coefficient (Wildman–Crippen LogP) is 9.14. The second-order valence-electron chi connectivity index (χ2n) is 15.3. The number of fused-ring (bicyclic) bond motifs is 2. The maximum Gasteiger partial charge on any atom is 0.428 e. The van der Waals surface area contributed by atoms with Gasteiger partial charge in [0.25, 0.3) is 20.0 Å². The summed E-state index contributed by atoms with van der Waals surface area (Å²) in [4.78, 5) is 25.0. The number of benzene rings is 4. The average molecular weight is 951 g/mol. The van der Waals surface area contributed by atoms with Crippen LogP contribution in [0.1, 0.15) is 40.5 Å². The van der Waals surface area contributed by atoms with Crippen LogP contribution in [0.3, 0.4) is 0 Å². The van der Waals surface area contributed by atoms with Crippen LogP contribution in [0.15, 0.2) is 94.7 Å². The Hall–Kier alpha value is -6.04. The van der Waals surface area contributed by atoms with Crippen LogP contribution in [0.4, 0.5) is 67.5 Å². The third kappa shape index (κ3) is 9.71. The van der Waals surface area contributed by atoms with Crippen LogP contribution in [0.25, 0.3) is 0 Å². The van der Waals surface area contributed by atoms with E-state index in [2.05, 4.69) is 15.4 Å². The standard InChI is InChI=1S/C40H38F8N4O10S2/c1-23-21-59-33-15-9-26(19-31(33)51(23)63(55,56)29-11-5-24(41)6-12-29)50-36(54)62-38(4,40(46,47)48)18-17-28-22-60-34-16-10-27(49-35(53)61-37(2,3)39(43,44)45)20-32(34)52(28)64(57,58)30-13-7-25(42)8-14-30/h5-16,19-20,23,28H,17-18,21-22H2,1-4H3,(H,49,53)(H,50,54)/t23-,28+,38?/m1/s1. The fourth-order valence-corrected chi connectivity index (χ4v) is 9.86. The highest BCUT2D eigenvalue weighted by Crippen LogP contribution is 2.45. The zero-order valence-electron chi connectivity index (χ0n) is 33.9. The molecule has 0 saturated carbocycles. The number of ether oxygens (including phenoxy) is 4. The predicted molar refractivity (Wildman–Crippen MR) is 213 cm³/mol. The van der Waals surface area contributed by atoms with E-state index in [4.69, 9.17) is 14.2 Å². The molecule has 2 N–H and O–H groups in total. The molecule has 346 valence electrons. The molecule has 0 spiro atoms. The van der Waals surface area contributed by atoms with E-state index in [1.165, 1.54) is 19.1 Å². The molecular weight excluding hydrogens is 913 g/mol. The van der Waals surface area contributed by atoms with Gasteiger partial charge in [0, 0.05) is 11.4 Å². The number of halogens is 8. The lowest BCUT2D eigenvalue weighted by molar-refractivity contribution is -0.252. The zero-order valence-corrected chi connectivity index (χ0v) is 35.5. The van der Waals surface area contributed by atoms with Crippen LogP contribution < -0.4 is 28.7 Å². The molecule has 3 atom stereocenters. The van der Waals surface area contributed by atoms with Gasteiger partial charge in [0.05, 0.1) is 33.2 Å². The SMILES string of the molecule is C[C@@H]1COc2ccc(NC(=O)OC(C)(CC[C@H]3COc4ccc(NC(=O)OC(C)(C)C(F)(F)F)cc4N3S(=O)(=O)c3ccc(F)cc3)C(F)(F)F)cc2N1S(=O)(=O)c1ccc(F)cc1. The summed E-state index contributed by atoms with van der Waals surface area (Å²) < 4.78 is 191. The third-order valence-electron chi connectivity index (χ3n) is 10.2. The lowest BCUT2D eigenvalue weighted by Gasteiger charge is -2.39. The first-order valence-electron chi connectivity index (χ1n) is 18.9. The van der Waals surface area contributed by atoms with Gasteiger partial charge in [-0.2, -0.15) is 26.3 Å². The van der Waals surface area contributed by atoms with E-state index in [9.17, 15) is 61.5 Å². The zero-order chi connectivity index (χ0) is 47.2. The van der Waals surface area contributed by atoms with E-state index >= 15 is 0 Å². The number of carbonyl (C=O) groups is 2. The molecule has 0 aromatic heterocycles. The number of nitrogens with zero attached hydrogens (tertiary/aromatic N) is 2. The largest absolute Gasteiger partial charge is 0.489 e. The molecule has 0 radical (unpaired) electrons. The second-order valence-corrected chi connectivity index (χ2v) is 18.9. The number of hydrogen-bond acceptors (Lipinski definition) is 10. The van der Waals surface area contributed by atoms with Crippen molar-refractivity contribution in [3.05, 3.63) is 96.6 Å². The molecule has 0 aliphatic carbocycles. The molecule has 64 heavy (non-hydrogen) atoms. The number of amides is 2. The van der Waals surface area contributed by atoms with Crippen molar-refractivity contribution in [1.82, 2.24) is 0 Å². The number of anilines is 4. The molecule has 0 fully saturated rings. The summed E-state index contributed by atoms with van der Waals surface area (Å²) in [7, 11) is -9.20. The number of nitrogens with one attached hydrogen (secondary N) is 2. The minimum Gasteiger partial charge on any atom is -0.489 e. The molecule has 2 aliphatic heterocycles. The first-order valence-corrected chi connectivity index (χ1v) is 21.8. The van der Waals surface area contributed by atoms with Gasteiger partial charge in [0.1, 0.15) is 36.3 Å². The molecule has 1 unspecified atom stereocenters. The van der Waals surface area contributed by atoms with Gasteiger partial charge in [-0.05, 0) is 125 Å². The van der Waals surface area contributed by atoms with Crippen LogP contribution in [0.2, 0.25) is 0 Å². The van der Waals surface area contributed by atoms with Crippen molar-refractivity contribution in [3.63, 3.8) is 0 Å². The van der Waals surface area contributed by atoms with Crippen molar-refractivity contribution in [2.24, 2.45) is 0 Å². The van der Waals surface area contributed by atoms with E-state index in [1.54, 1.807) is 0 Å². The maximum absolute atomic E-state index is 14.9. The van der Waals surface area contributed by atoms with Crippen molar-refractivity contribution in [3.8, 4) is 11.5 Å². The van der Waals surface area contributed by atoms with Gasteiger partial charge in [0.2, 0.25) is 11.2 Å². The lowest BCUT2D eigenvalue weighted by atomic mass is 9.95. The van der Waals surface area contributed by atoms with Gasteiger partial charge in [-0.15, -0.1) is 0 Å². The number of alkyl halides is 6. The van der Waals surface area contributed by atoms with E-state index in [1.807, 2.05) is 0 Å². The highest BCUT2D eigenvalue weighted by atomic mass is 32.2. The van der Waals surface area contributed by atoms with Crippen molar-refractivity contribution in [2.45, 2.75) is 86.0 Å². The summed E-state index contributed by atoms with van der Waals surface area (Å²) in [6.07, 6.45) is -15.4. The monoisotopic (exact) mass is 950 g/mol. The Morgan fingerprint density at radius 3 is 1.56 bits per heavy atom. The Kier molecular flexibility index (Phi) is 12.7. The summed E-state index contributed by atoms with van der Waals surface area (Å²) in [5.41, 5.74) is -7.34. The van der Waals surface area contributed by atoms with Gasteiger partial charge >= 0.3 is 24.5 Å². The van der Waals surface area contributed by atoms with E-state index < -0.39 is 104 Å². The maximum atomic E-state index is 14.9. The quantitative estimate of drug-likeness (QED) is 0.138. The van der Waals surface area contributed by atoms with Crippen LogP contribution in [-0.4, -0.2) is 77.9 Å². The molecule has 14 nitrogen and oxygen atoms in total. The number of sulfonamides is 2. The topological polar surface area (TPSA) is 170 Å². The molecule has 4 aromatic carbocycles. The van der Waals surface area contributed by atoms with Gasteiger partial charge in [-0.3, -0.25) is 19.2 Å². The minimum absolute atomic E-state index is 0.0347. The normalized spacial score (nSPS) is 17.8. The van der Waals surface area contributed by atoms with Gasteiger partial charge in [-0.25, -0.2) is 35.2 Å². The summed E-state index contributed by atoms with van der Waals surface area (Å²) in [5.74, 6) is -1.67. The Morgan fingerprint density at radius 2 is 1.09 bits per heavy atom. The number of carbonyl (C=O) groups excluding carboxylic acids is 2. The van der Waals surface area contributed by atoms with Crippen LogP contribution in [-0.2, 0) is 29.5 Å². The molecule has 24 heteroatoms. The molecule has 4 aromatic rings. The molecule has 2 aliphatic rings. The Morgan fingerprint density at radius 1 is 0.656 bits per heavy atom. The first-order chi connectivity index (χ1) is 29.6. The molecule has 0 saturated heterocycles. The van der Waals surface area contributed by atoms with Crippen LogP contribution in [0, 0.1) is 11.6 Å². The van der Waals surface area contributed by atoms with E-state index in [0.717, 1.165) is 77.1 Å². The smallest absolute Gasteiger partial charge is 0.428 e. The Balaban J connectivity index is 1.26. The third-order valence-corrected chi connectivity index (χ3v) is 14.0. The van der Waals surface area contributed by atoms with E-state index in [0.29, 0.717) is 25.1 Å². The Labute approximate surface area is 361 Å². The summed E-state index contributed by atoms with van der Waals surface area (Å²) in [5, 5.41) is 4.21. The van der Waals surface area contributed by atoms with E-state index in [-0.39, 0.29) is 45.8 Å². The molecule has 2 amide bonds. The van der Waals surface area contributed by atoms with Crippen LogP contribution in [0.5, 0.6) is 11.5 Å². The summed E-state index contributed by atoms with van der Waals surface area (Å²) in [6, 6.07) is 11.8. The van der Waals surface area contributed by atoms with Gasteiger partial charge in [-0.1, -0.05) is 0 Å². The highest BCUT2D eigenvalue weighted by Gasteiger charge is 2.55. The van der Waals surface area contributed by atoms with Crippen molar-refractivity contribution in [1.29, 1.82) is 0 Å². The molecule has 2 heterocycles. The first kappa shape index (κ1) is 47.4.